The average molecular weight is 484 g/mol. The smallest absolute Gasteiger partial charge is 0.167 e. The van der Waals surface area contributed by atoms with Gasteiger partial charge in [0.2, 0.25) is 0 Å². The lowest BCUT2D eigenvalue weighted by Crippen LogP contribution is -2.31. The Balaban J connectivity index is 1.34. The van der Waals surface area contributed by atoms with Gasteiger partial charge in [0.15, 0.2) is 29.6 Å². The second kappa shape index (κ2) is 9.93. The van der Waals surface area contributed by atoms with Gasteiger partial charge in [0, 0.05) is 29.0 Å². The molecule has 0 amide bonds. The normalized spacial score (nSPS) is 21.7. The molecular formula is C28H24F4O3. The van der Waals surface area contributed by atoms with E-state index in [9.17, 15) is 13.2 Å². The number of allylic oxidation sites excluding steroid dienone is 1. The van der Waals surface area contributed by atoms with Crippen molar-refractivity contribution in [3.63, 3.8) is 0 Å². The predicted molar refractivity (Wildman–Crippen MR) is 124 cm³/mol. The Morgan fingerprint density at radius 1 is 0.686 bits per heavy atom. The summed E-state index contributed by atoms with van der Waals surface area (Å²) in [6, 6.07) is 12.3. The summed E-state index contributed by atoms with van der Waals surface area (Å²) < 4.78 is 75.3. The Morgan fingerprint density at radius 2 is 1.20 bits per heavy atom. The highest BCUT2D eigenvalue weighted by molar-refractivity contribution is 5.71. The summed E-state index contributed by atoms with van der Waals surface area (Å²) in [6.07, 6.45) is 2.42. The lowest BCUT2D eigenvalue weighted by atomic mass is 9.94. The SMILES string of the molecule is C=CCCC1OCC(c2ccc(-c3ccc(-c4ccc(C5CO5)c(F)c4F)cc3)c(F)c2F)CO1. The summed E-state index contributed by atoms with van der Waals surface area (Å²) in [4.78, 5) is 0. The molecule has 0 aromatic heterocycles. The lowest BCUT2D eigenvalue weighted by molar-refractivity contribution is -0.189. The number of ether oxygens (including phenoxy) is 3. The van der Waals surface area contributed by atoms with Crippen LogP contribution in [-0.2, 0) is 14.2 Å². The van der Waals surface area contributed by atoms with Crippen LogP contribution < -0.4 is 0 Å². The molecule has 0 saturated carbocycles. The number of hydrogen-bond donors (Lipinski definition) is 0. The molecule has 0 radical (unpaired) electrons. The summed E-state index contributed by atoms with van der Waals surface area (Å²) >= 11 is 0. The van der Waals surface area contributed by atoms with Crippen molar-refractivity contribution in [2.75, 3.05) is 19.8 Å². The minimum Gasteiger partial charge on any atom is -0.368 e. The van der Waals surface area contributed by atoms with Crippen LogP contribution in [0.5, 0.6) is 0 Å². The molecule has 182 valence electrons. The molecule has 2 aliphatic heterocycles. The van der Waals surface area contributed by atoms with Gasteiger partial charge in [-0.15, -0.1) is 6.58 Å². The molecule has 7 heteroatoms. The van der Waals surface area contributed by atoms with Crippen LogP contribution in [-0.4, -0.2) is 26.1 Å². The Bertz CT molecular complexity index is 1230. The van der Waals surface area contributed by atoms with E-state index in [4.69, 9.17) is 14.2 Å². The van der Waals surface area contributed by atoms with Crippen molar-refractivity contribution >= 4 is 0 Å². The predicted octanol–water partition coefficient (Wildman–Crippen LogP) is 7.07. The molecule has 2 aliphatic rings. The zero-order chi connectivity index (χ0) is 24.5. The van der Waals surface area contributed by atoms with E-state index in [1.807, 2.05) is 0 Å². The summed E-state index contributed by atoms with van der Waals surface area (Å²) in [6.45, 7) is 4.51. The van der Waals surface area contributed by atoms with E-state index in [0.29, 0.717) is 24.2 Å². The Labute approximate surface area is 200 Å². The molecule has 35 heavy (non-hydrogen) atoms. The van der Waals surface area contributed by atoms with Crippen molar-refractivity contribution in [3.8, 4) is 22.3 Å². The minimum atomic E-state index is -0.977. The van der Waals surface area contributed by atoms with Crippen LogP contribution in [0.15, 0.2) is 61.2 Å². The van der Waals surface area contributed by atoms with E-state index in [1.165, 1.54) is 24.3 Å². The summed E-state index contributed by atoms with van der Waals surface area (Å²) in [7, 11) is 0. The first-order valence-corrected chi connectivity index (χ1v) is 11.5. The first kappa shape index (κ1) is 23.7. The molecule has 2 fully saturated rings. The summed E-state index contributed by atoms with van der Waals surface area (Å²) in [5.74, 6) is -4.23. The first-order chi connectivity index (χ1) is 17.0. The zero-order valence-corrected chi connectivity index (χ0v) is 18.9. The van der Waals surface area contributed by atoms with Crippen molar-refractivity contribution in [1.29, 1.82) is 0 Å². The quantitative estimate of drug-likeness (QED) is 0.204. The highest BCUT2D eigenvalue weighted by Crippen LogP contribution is 2.37. The fourth-order valence-electron chi connectivity index (χ4n) is 4.34. The molecule has 0 bridgehead atoms. The molecule has 1 unspecified atom stereocenters. The monoisotopic (exact) mass is 484 g/mol. The molecule has 2 heterocycles. The van der Waals surface area contributed by atoms with E-state index in [-0.39, 0.29) is 41.8 Å². The second-order valence-corrected chi connectivity index (χ2v) is 8.72. The standard InChI is InChI=1S/C28H24F4O3/c1-2-3-4-24-34-13-18(14-35-24)21-10-9-19(25(29)27(21)31)16-5-7-17(8-6-16)20-11-12-22(23-15-33-23)28(32)26(20)30/h2,5-12,18,23-24H,1,3-4,13-15H2. The van der Waals surface area contributed by atoms with Gasteiger partial charge in [-0.25, -0.2) is 17.6 Å². The van der Waals surface area contributed by atoms with Gasteiger partial charge in [-0.2, -0.15) is 0 Å². The zero-order valence-electron chi connectivity index (χ0n) is 18.9. The van der Waals surface area contributed by atoms with Gasteiger partial charge in [0.1, 0.15) is 6.10 Å². The minimum absolute atomic E-state index is 0.0761. The molecule has 3 nitrogen and oxygen atoms in total. The molecular weight excluding hydrogens is 460 g/mol. The van der Waals surface area contributed by atoms with E-state index < -0.39 is 35.3 Å². The van der Waals surface area contributed by atoms with Crippen LogP contribution in [0.3, 0.4) is 0 Å². The fraction of sp³-hybridized carbons (Fsp3) is 0.286. The third kappa shape index (κ3) is 4.76. The molecule has 3 aromatic carbocycles. The summed E-state index contributed by atoms with van der Waals surface area (Å²) in [5, 5.41) is 0. The molecule has 3 aromatic rings. The van der Waals surface area contributed by atoms with Gasteiger partial charge in [0.05, 0.1) is 19.8 Å². The highest BCUT2D eigenvalue weighted by atomic mass is 19.2. The largest absolute Gasteiger partial charge is 0.368 e. The maximum absolute atomic E-state index is 15.0. The van der Waals surface area contributed by atoms with Gasteiger partial charge < -0.3 is 14.2 Å². The van der Waals surface area contributed by atoms with Crippen LogP contribution in [0.1, 0.15) is 36.0 Å². The van der Waals surface area contributed by atoms with Crippen LogP contribution >= 0.6 is 0 Å². The van der Waals surface area contributed by atoms with Crippen molar-refractivity contribution in [3.05, 3.63) is 95.6 Å². The van der Waals surface area contributed by atoms with Crippen molar-refractivity contribution < 1.29 is 31.8 Å². The first-order valence-electron chi connectivity index (χ1n) is 11.5. The topological polar surface area (TPSA) is 31.0 Å². The number of hydrogen-bond acceptors (Lipinski definition) is 3. The van der Waals surface area contributed by atoms with E-state index in [1.54, 1.807) is 30.3 Å². The van der Waals surface area contributed by atoms with E-state index in [0.717, 1.165) is 6.42 Å². The van der Waals surface area contributed by atoms with E-state index >= 15 is 4.39 Å². The van der Waals surface area contributed by atoms with Crippen LogP contribution in [0.4, 0.5) is 17.6 Å². The Morgan fingerprint density at radius 3 is 1.71 bits per heavy atom. The molecule has 0 spiro atoms. The fourth-order valence-corrected chi connectivity index (χ4v) is 4.34. The number of benzene rings is 3. The highest BCUT2D eigenvalue weighted by Gasteiger charge is 2.30. The van der Waals surface area contributed by atoms with Gasteiger partial charge in [-0.3, -0.25) is 0 Å². The number of epoxide rings is 1. The van der Waals surface area contributed by atoms with Crippen LogP contribution in [0.2, 0.25) is 0 Å². The summed E-state index contributed by atoms with van der Waals surface area (Å²) in [5.41, 5.74) is 1.40. The van der Waals surface area contributed by atoms with Crippen molar-refractivity contribution in [2.45, 2.75) is 31.2 Å². The molecule has 0 N–H and O–H groups in total. The van der Waals surface area contributed by atoms with Gasteiger partial charge in [0.25, 0.3) is 0 Å². The molecule has 2 saturated heterocycles. The Hall–Kier alpha value is -3.00. The van der Waals surface area contributed by atoms with Gasteiger partial charge in [-0.05, 0) is 23.1 Å². The van der Waals surface area contributed by atoms with E-state index in [2.05, 4.69) is 6.58 Å². The van der Waals surface area contributed by atoms with Crippen molar-refractivity contribution in [1.82, 2.24) is 0 Å². The molecule has 0 aliphatic carbocycles. The Kier molecular flexibility index (Phi) is 6.73. The van der Waals surface area contributed by atoms with Crippen LogP contribution in [0, 0.1) is 23.3 Å². The molecule has 1 atom stereocenters. The second-order valence-electron chi connectivity index (χ2n) is 8.72. The third-order valence-electron chi connectivity index (χ3n) is 6.42. The lowest BCUT2D eigenvalue weighted by Gasteiger charge is -2.30. The maximum atomic E-state index is 15.0. The molecule has 5 rings (SSSR count). The van der Waals surface area contributed by atoms with Gasteiger partial charge in [-0.1, -0.05) is 54.6 Å². The maximum Gasteiger partial charge on any atom is 0.167 e. The van der Waals surface area contributed by atoms with Crippen LogP contribution in [0.25, 0.3) is 22.3 Å². The third-order valence-corrected chi connectivity index (χ3v) is 6.42. The number of halogens is 4. The van der Waals surface area contributed by atoms with Gasteiger partial charge >= 0.3 is 0 Å². The number of rotatable bonds is 7. The average Bonchev–Trinajstić information content (AvgIpc) is 3.72. The van der Waals surface area contributed by atoms with Crippen molar-refractivity contribution in [2.24, 2.45) is 0 Å².